The first-order valence-electron chi connectivity index (χ1n) is 2.15. The van der Waals surface area contributed by atoms with Gasteiger partial charge in [0.05, 0.1) is 0 Å². The molecule has 0 saturated carbocycles. The van der Waals surface area contributed by atoms with Crippen molar-refractivity contribution in [1.82, 2.24) is 9.78 Å². The number of aryl methyl sites for hydroxylation is 1. The number of aromatic nitrogens is 2. The van der Waals surface area contributed by atoms with Gasteiger partial charge in [0.25, 0.3) is 0 Å². The fraction of sp³-hybridized carbons (Fsp3) is 0.250. The Morgan fingerprint density at radius 3 is 2.44 bits per heavy atom. The maximum Gasteiger partial charge on any atom is 0.153 e. The van der Waals surface area contributed by atoms with Crippen LogP contribution in [0.3, 0.4) is 0 Å². The van der Waals surface area contributed by atoms with Gasteiger partial charge in [-0.05, 0) is 0 Å². The molecule has 0 spiro atoms. The number of halogens is 2. The lowest BCUT2D eigenvalue weighted by atomic mass is 10.7. The van der Waals surface area contributed by atoms with Crippen molar-refractivity contribution in [1.29, 1.82) is 0 Å². The fourth-order valence-electron chi connectivity index (χ4n) is 0.445. The standard InChI is InChI=1S/C4H6ClN3.ClH/c1-8-4(6)2-3(5)7-8;/h2H,6H2,1H3;1H. The van der Waals surface area contributed by atoms with Crippen LogP contribution in [-0.2, 0) is 7.05 Å². The molecule has 1 heterocycles. The molecule has 5 heteroatoms. The Bertz CT molecular complexity index is 176. The van der Waals surface area contributed by atoms with Crippen molar-refractivity contribution < 1.29 is 0 Å². The van der Waals surface area contributed by atoms with Gasteiger partial charge in [0.2, 0.25) is 0 Å². The van der Waals surface area contributed by atoms with Gasteiger partial charge in [0.15, 0.2) is 5.15 Å². The van der Waals surface area contributed by atoms with Gasteiger partial charge in [0.1, 0.15) is 5.82 Å². The average molecular weight is 168 g/mol. The van der Waals surface area contributed by atoms with E-state index < -0.39 is 0 Å². The first kappa shape index (κ1) is 8.59. The molecule has 9 heavy (non-hydrogen) atoms. The minimum absolute atomic E-state index is 0. The Labute approximate surface area is 64.2 Å². The molecule has 0 aromatic carbocycles. The maximum absolute atomic E-state index is 5.45. The van der Waals surface area contributed by atoms with E-state index >= 15 is 0 Å². The average Bonchev–Trinajstić information content (AvgIpc) is 1.85. The predicted molar refractivity (Wildman–Crippen MR) is 39.9 cm³/mol. The van der Waals surface area contributed by atoms with Crippen molar-refractivity contribution in [3.63, 3.8) is 0 Å². The molecule has 0 saturated heterocycles. The largest absolute Gasteiger partial charge is 0.384 e. The topological polar surface area (TPSA) is 43.8 Å². The highest BCUT2D eigenvalue weighted by Crippen LogP contribution is 2.08. The molecule has 0 atom stereocenters. The fourth-order valence-corrected chi connectivity index (χ4v) is 0.671. The highest BCUT2D eigenvalue weighted by molar-refractivity contribution is 6.29. The molecular weight excluding hydrogens is 161 g/mol. The molecule has 0 unspecified atom stereocenters. The van der Waals surface area contributed by atoms with Gasteiger partial charge < -0.3 is 5.73 Å². The van der Waals surface area contributed by atoms with Crippen LogP contribution in [0.15, 0.2) is 6.07 Å². The monoisotopic (exact) mass is 167 g/mol. The van der Waals surface area contributed by atoms with E-state index in [1.54, 1.807) is 13.1 Å². The third-order valence-electron chi connectivity index (χ3n) is 0.886. The molecule has 52 valence electrons. The summed E-state index contributed by atoms with van der Waals surface area (Å²) in [6.07, 6.45) is 0. The third-order valence-corrected chi connectivity index (χ3v) is 1.07. The lowest BCUT2D eigenvalue weighted by Gasteiger charge is -1.87. The summed E-state index contributed by atoms with van der Waals surface area (Å²) in [5.74, 6) is 0.579. The predicted octanol–water partition coefficient (Wildman–Crippen LogP) is 1.08. The van der Waals surface area contributed by atoms with Crippen LogP contribution in [0.5, 0.6) is 0 Å². The summed E-state index contributed by atoms with van der Waals surface area (Å²) in [5, 5.41) is 4.20. The van der Waals surface area contributed by atoms with Crippen LogP contribution in [0.1, 0.15) is 0 Å². The van der Waals surface area contributed by atoms with Gasteiger partial charge in [-0.1, -0.05) is 11.6 Å². The molecule has 1 aromatic rings. The molecule has 0 aliphatic heterocycles. The summed E-state index contributed by atoms with van der Waals surface area (Å²) in [6.45, 7) is 0. The summed E-state index contributed by atoms with van der Waals surface area (Å²) in [4.78, 5) is 0. The third kappa shape index (κ3) is 1.77. The van der Waals surface area contributed by atoms with Crippen molar-refractivity contribution in [3.8, 4) is 0 Å². The van der Waals surface area contributed by atoms with Crippen LogP contribution in [0, 0.1) is 0 Å². The number of nitrogen functional groups attached to an aromatic ring is 1. The number of anilines is 1. The Morgan fingerprint density at radius 1 is 1.78 bits per heavy atom. The quantitative estimate of drug-likeness (QED) is 0.629. The van der Waals surface area contributed by atoms with E-state index in [9.17, 15) is 0 Å². The molecule has 0 aliphatic rings. The SMILES string of the molecule is Cl.Cn1nc(Cl)cc1N. The van der Waals surface area contributed by atoms with Crippen LogP contribution < -0.4 is 5.73 Å². The summed E-state index contributed by atoms with van der Waals surface area (Å²) in [5.41, 5.74) is 5.36. The van der Waals surface area contributed by atoms with Crippen LogP contribution in [-0.4, -0.2) is 9.78 Å². The molecule has 0 fully saturated rings. The minimum Gasteiger partial charge on any atom is -0.384 e. The van der Waals surface area contributed by atoms with Crippen molar-refractivity contribution in [2.45, 2.75) is 0 Å². The van der Waals surface area contributed by atoms with Crippen molar-refractivity contribution in [2.75, 3.05) is 5.73 Å². The van der Waals surface area contributed by atoms with Crippen LogP contribution >= 0.6 is 24.0 Å². The zero-order valence-corrected chi connectivity index (χ0v) is 6.41. The number of nitrogens with two attached hydrogens (primary N) is 1. The van der Waals surface area contributed by atoms with E-state index in [1.807, 2.05) is 0 Å². The summed E-state index contributed by atoms with van der Waals surface area (Å²) in [6, 6.07) is 1.60. The molecule has 3 nitrogen and oxygen atoms in total. The molecule has 2 N–H and O–H groups in total. The number of nitrogens with zero attached hydrogens (tertiary/aromatic N) is 2. The Balaban J connectivity index is 0.000000640. The Morgan fingerprint density at radius 2 is 2.33 bits per heavy atom. The lowest BCUT2D eigenvalue weighted by Crippen LogP contribution is -1.96. The molecular formula is C4H7Cl2N3. The highest BCUT2D eigenvalue weighted by Gasteiger charge is 1.94. The van der Waals surface area contributed by atoms with E-state index in [-0.39, 0.29) is 12.4 Å². The highest BCUT2D eigenvalue weighted by atomic mass is 35.5. The van der Waals surface area contributed by atoms with Gasteiger partial charge in [-0.2, -0.15) is 5.10 Å². The van der Waals surface area contributed by atoms with E-state index in [0.29, 0.717) is 11.0 Å². The van der Waals surface area contributed by atoms with E-state index in [4.69, 9.17) is 17.3 Å². The summed E-state index contributed by atoms with van der Waals surface area (Å²) in [7, 11) is 1.74. The summed E-state index contributed by atoms with van der Waals surface area (Å²) >= 11 is 5.45. The van der Waals surface area contributed by atoms with Crippen molar-refractivity contribution in [3.05, 3.63) is 11.2 Å². The van der Waals surface area contributed by atoms with Crippen LogP contribution in [0.4, 0.5) is 5.82 Å². The van der Waals surface area contributed by atoms with Gasteiger partial charge in [-0.3, -0.25) is 4.68 Å². The zero-order chi connectivity index (χ0) is 6.15. The van der Waals surface area contributed by atoms with Gasteiger partial charge in [-0.25, -0.2) is 0 Å². The molecule has 0 radical (unpaired) electrons. The number of hydrogen-bond acceptors (Lipinski definition) is 2. The number of hydrogen-bond donors (Lipinski definition) is 1. The molecule has 1 rings (SSSR count). The first-order valence-corrected chi connectivity index (χ1v) is 2.53. The van der Waals surface area contributed by atoms with Crippen LogP contribution in [0.2, 0.25) is 5.15 Å². The van der Waals surface area contributed by atoms with Crippen molar-refractivity contribution in [2.24, 2.45) is 7.05 Å². The Hall–Kier alpha value is -0.410. The Kier molecular flexibility index (Phi) is 2.81. The van der Waals surface area contributed by atoms with E-state index in [0.717, 1.165) is 0 Å². The molecule has 0 aliphatic carbocycles. The second kappa shape index (κ2) is 2.94. The molecule has 1 aromatic heterocycles. The van der Waals surface area contributed by atoms with Gasteiger partial charge in [0, 0.05) is 13.1 Å². The molecule has 0 amide bonds. The molecule has 0 bridgehead atoms. The zero-order valence-electron chi connectivity index (χ0n) is 4.84. The maximum atomic E-state index is 5.45. The minimum atomic E-state index is 0. The van der Waals surface area contributed by atoms with Crippen LogP contribution in [0.25, 0.3) is 0 Å². The normalized spacial score (nSPS) is 8.67. The van der Waals surface area contributed by atoms with Crippen molar-refractivity contribution >= 4 is 29.8 Å². The van der Waals surface area contributed by atoms with Gasteiger partial charge in [-0.15, -0.1) is 12.4 Å². The summed E-state index contributed by atoms with van der Waals surface area (Å²) < 4.78 is 1.52. The lowest BCUT2D eigenvalue weighted by molar-refractivity contribution is 0.779. The second-order valence-corrected chi connectivity index (χ2v) is 1.90. The van der Waals surface area contributed by atoms with Gasteiger partial charge >= 0.3 is 0 Å². The number of rotatable bonds is 0. The first-order chi connectivity index (χ1) is 3.70. The van der Waals surface area contributed by atoms with E-state index in [2.05, 4.69) is 5.10 Å². The second-order valence-electron chi connectivity index (χ2n) is 1.52. The smallest absolute Gasteiger partial charge is 0.153 e. The van der Waals surface area contributed by atoms with E-state index in [1.165, 1.54) is 4.68 Å².